The fourth-order valence-corrected chi connectivity index (χ4v) is 0.970. The molecule has 0 aliphatic carbocycles. The van der Waals surface area contributed by atoms with E-state index >= 15 is 0 Å². The summed E-state index contributed by atoms with van der Waals surface area (Å²) in [5.74, 6) is 0. The van der Waals surface area contributed by atoms with Crippen LogP contribution >= 0.6 is 24.4 Å². The molecule has 0 unspecified atom stereocenters. The highest BCUT2D eigenvalue weighted by Crippen LogP contribution is 1.96. The van der Waals surface area contributed by atoms with Gasteiger partial charge in [0.25, 0.3) is 0 Å². The number of hydrogen-bond donors (Lipinski definition) is 3. The molecule has 0 atom stereocenters. The van der Waals surface area contributed by atoms with Gasteiger partial charge in [-0.1, -0.05) is 12.2 Å². The van der Waals surface area contributed by atoms with Crippen molar-refractivity contribution < 1.29 is 0 Å². The fourth-order valence-electron chi connectivity index (χ4n) is 0.860. The minimum atomic E-state index is 0.165. The average molecular weight is 259 g/mol. The van der Waals surface area contributed by atoms with Gasteiger partial charge in [0, 0.05) is 11.4 Å². The third kappa shape index (κ3) is 9.47. The van der Waals surface area contributed by atoms with Gasteiger partial charge in [-0.3, -0.25) is 10.4 Å². The first-order valence-corrected chi connectivity index (χ1v) is 5.60. The Morgan fingerprint density at radius 1 is 1.12 bits per heavy atom. The Kier molecular flexibility index (Phi) is 7.57. The number of aliphatic imine (C=N–C) groups is 1. The molecule has 0 aromatic rings. The van der Waals surface area contributed by atoms with Crippen LogP contribution in [0.5, 0.6) is 0 Å². The lowest BCUT2D eigenvalue weighted by Gasteiger charge is -2.02. The Morgan fingerprint density at radius 2 is 1.69 bits per heavy atom. The summed E-state index contributed by atoms with van der Waals surface area (Å²) in [6.07, 6.45) is 1.61. The molecule has 0 fully saturated rings. The molecule has 0 aromatic heterocycles. The van der Waals surface area contributed by atoms with E-state index in [0.717, 1.165) is 24.3 Å². The van der Waals surface area contributed by atoms with Gasteiger partial charge in [-0.05, 0) is 38.9 Å². The topological polar surface area (TPSA) is 88.8 Å². The molecule has 0 radical (unpaired) electrons. The zero-order chi connectivity index (χ0) is 12.6. The summed E-state index contributed by atoms with van der Waals surface area (Å²) in [5, 5.41) is 4.15. The molecule has 0 amide bonds. The number of hydrogen-bond acceptors (Lipinski definition) is 4. The summed E-state index contributed by atoms with van der Waals surface area (Å²) in [5.41, 5.74) is 15.0. The quantitative estimate of drug-likeness (QED) is 0.372. The maximum atomic E-state index is 5.34. The van der Waals surface area contributed by atoms with E-state index in [1.165, 1.54) is 0 Å². The van der Waals surface area contributed by atoms with Gasteiger partial charge in [-0.15, -0.1) is 0 Å². The van der Waals surface area contributed by atoms with Crippen molar-refractivity contribution in [2.24, 2.45) is 21.6 Å². The van der Waals surface area contributed by atoms with Crippen LogP contribution < -0.4 is 16.9 Å². The summed E-state index contributed by atoms with van der Waals surface area (Å²) in [6, 6.07) is 0. The van der Waals surface area contributed by atoms with Gasteiger partial charge < -0.3 is 11.5 Å². The lowest BCUT2D eigenvalue weighted by Crippen LogP contribution is -2.25. The molecule has 0 saturated carbocycles. The number of nitrogens with zero attached hydrogens (tertiary/aromatic N) is 2. The monoisotopic (exact) mass is 259 g/mol. The minimum Gasteiger partial charge on any atom is -0.392 e. The first-order chi connectivity index (χ1) is 7.41. The van der Waals surface area contributed by atoms with Crippen LogP contribution in [-0.4, -0.2) is 28.1 Å². The molecule has 0 bridgehead atoms. The molecule has 0 saturated heterocycles. The second-order valence-electron chi connectivity index (χ2n) is 3.34. The summed E-state index contributed by atoms with van der Waals surface area (Å²) in [7, 11) is 0. The predicted octanol–water partition coefficient (Wildman–Crippen LogP) is 0.723. The first-order valence-electron chi connectivity index (χ1n) is 4.78. The Labute approximate surface area is 106 Å². The fraction of sp³-hybridized carbons (Fsp3) is 0.556. The molecule has 7 heteroatoms. The van der Waals surface area contributed by atoms with E-state index in [1.807, 2.05) is 13.8 Å². The van der Waals surface area contributed by atoms with Gasteiger partial charge in [-0.2, -0.15) is 5.10 Å². The average Bonchev–Trinajstić information content (AvgIpc) is 2.20. The van der Waals surface area contributed by atoms with Crippen LogP contribution in [0.1, 0.15) is 26.7 Å². The van der Waals surface area contributed by atoms with Crippen LogP contribution in [-0.2, 0) is 0 Å². The van der Waals surface area contributed by atoms with Crippen LogP contribution in [0.3, 0.4) is 0 Å². The lowest BCUT2D eigenvalue weighted by molar-refractivity contribution is 0.992. The Balaban J connectivity index is 3.95. The number of hydrazone groups is 1. The largest absolute Gasteiger partial charge is 0.392 e. The maximum Gasteiger partial charge on any atom is 0.184 e. The second-order valence-corrected chi connectivity index (χ2v) is 4.31. The van der Waals surface area contributed by atoms with Crippen LogP contribution in [0.15, 0.2) is 10.1 Å². The van der Waals surface area contributed by atoms with Crippen LogP contribution in [0.4, 0.5) is 0 Å². The SMILES string of the molecule is CC(CC/C(C)=N/NC(N)=S)=NCC(N)=S. The van der Waals surface area contributed by atoms with E-state index in [-0.39, 0.29) is 5.11 Å². The first kappa shape index (κ1) is 14.9. The predicted molar refractivity (Wildman–Crippen MR) is 77.0 cm³/mol. The van der Waals surface area contributed by atoms with Gasteiger partial charge in [0.15, 0.2) is 5.11 Å². The highest BCUT2D eigenvalue weighted by atomic mass is 32.1. The number of nitrogens with two attached hydrogens (primary N) is 2. The van der Waals surface area contributed by atoms with Crippen molar-refractivity contribution in [3.8, 4) is 0 Å². The van der Waals surface area contributed by atoms with Crippen LogP contribution in [0, 0.1) is 0 Å². The van der Waals surface area contributed by atoms with Gasteiger partial charge >= 0.3 is 0 Å². The molecule has 0 aliphatic rings. The third-order valence-corrected chi connectivity index (χ3v) is 1.93. The van der Waals surface area contributed by atoms with E-state index < -0.39 is 0 Å². The Bertz CT molecular complexity index is 290. The molecule has 0 rings (SSSR count). The molecule has 16 heavy (non-hydrogen) atoms. The minimum absolute atomic E-state index is 0.165. The highest BCUT2D eigenvalue weighted by molar-refractivity contribution is 7.80. The maximum absolute atomic E-state index is 5.34. The normalized spacial score (nSPS) is 12.4. The summed E-state index contributed by atoms with van der Waals surface area (Å²) < 4.78 is 0. The smallest absolute Gasteiger partial charge is 0.184 e. The molecule has 5 nitrogen and oxygen atoms in total. The van der Waals surface area contributed by atoms with Crippen molar-refractivity contribution in [3.05, 3.63) is 0 Å². The van der Waals surface area contributed by atoms with Crippen molar-refractivity contribution >= 4 is 46.0 Å². The zero-order valence-corrected chi connectivity index (χ0v) is 11.1. The van der Waals surface area contributed by atoms with E-state index in [4.69, 9.17) is 23.7 Å². The number of nitrogens with one attached hydrogen (secondary N) is 1. The van der Waals surface area contributed by atoms with E-state index in [1.54, 1.807) is 0 Å². The number of rotatable bonds is 6. The van der Waals surface area contributed by atoms with Crippen molar-refractivity contribution in [1.82, 2.24) is 5.43 Å². The van der Waals surface area contributed by atoms with Crippen molar-refractivity contribution in [1.29, 1.82) is 0 Å². The third-order valence-electron chi connectivity index (χ3n) is 1.71. The zero-order valence-electron chi connectivity index (χ0n) is 9.49. The molecule has 0 aliphatic heterocycles. The van der Waals surface area contributed by atoms with Crippen molar-refractivity contribution in [2.75, 3.05) is 6.54 Å². The molecular formula is C9H17N5S2. The van der Waals surface area contributed by atoms with E-state index in [2.05, 4.69) is 27.7 Å². The van der Waals surface area contributed by atoms with Gasteiger partial charge in [-0.25, -0.2) is 0 Å². The second kappa shape index (κ2) is 8.12. The molecule has 5 N–H and O–H groups in total. The molecule has 0 spiro atoms. The van der Waals surface area contributed by atoms with Crippen molar-refractivity contribution in [2.45, 2.75) is 26.7 Å². The van der Waals surface area contributed by atoms with Gasteiger partial charge in [0.05, 0.1) is 11.5 Å². The summed E-state index contributed by atoms with van der Waals surface area (Å²) in [6.45, 7) is 4.24. The van der Waals surface area contributed by atoms with Gasteiger partial charge in [0.2, 0.25) is 0 Å². The van der Waals surface area contributed by atoms with E-state index in [9.17, 15) is 0 Å². The van der Waals surface area contributed by atoms with Crippen LogP contribution in [0.2, 0.25) is 0 Å². The van der Waals surface area contributed by atoms with Crippen molar-refractivity contribution in [3.63, 3.8) is 0 Å². The highest BCUT2D eigenvalue weighted by Gasteiger charge is 1.96. The lowest BCUT2D eigenvalue weighted by atomic mass is 10.2. The summed E-state index contributed by atoms with van der Waals surface area (Å²) >= 11 is 9.36. The summed E-state index contributed by atoms with van der Waals surface area (Å²) in [4.78, 5) is 4.62. The van der Waals surface area contributed by atoms with Gasteiger partial charge in [0.1, 0.15) is 0 Å². The Hall–Kier alpha value is -1.08. The Morgan fingerprint density at radius 3 is 2.19 bits per heavy atom. The number of thiocarbonyl (C=S) groups is 2. The molecule has 0 heterocycles. The molecular weight excluding hydrogens is 242 g/mol. The van der Waals surface area contributed by atoms with Crippen LogP contribution in [0.25, 0.3) is 0 Å². The molecule has 0 aromatic carbocycles. The standard InChI is InChI=1S/C9H17N5S2/c1-6(12-5-8(10)15)3-4-7(2)13-14-9(11)16/h3-5H2,1-2H3,(H2,10,15)(H3,11,14,16)/b12-6?,13-7+. The molecule has 90 valence electrons. The van der Waals surface area contributed by atoms with E-state index in [0.29, 0.717) is 11.5 Å².